The Kier molecular flexibility index (Phi) is 4.56. The molecule has 1 aromatic rings. The van der Waals surface area contributed by atoms with Crippen molar-refractivity contribution in [2.24, 2.45) is 0 Å². The summed E-state index contributed by atoms with van der Waals surface area (Å²) in [5.74, 6) is -2.19. The van der Waals surface area contributed by atoms with Crippen LogP contribution in [0.25, 0.3) is 6.08 Å². The van der Waals surface area contributed by atoms with E-state index in [0.717, 1.165) is 5.56 Å². The number of aliphatic carboxylic acids is 1. The van der Waals surface area contributed by atoms with Gasteiger partial charge in [-0.05, 0) is 5.56 Å². The van der Waals surface area contributed by atoms with Crippen molar-refractivity contribution in [2.75, 3.05) is 7.11 Å². The van der Waals surface area contributed by atoms with Gasteiger partial charge >= 0.3 is 11.9 Å². The van der Waals surface area contributed by atoms with E-state index in [1.165, 1.54) is 12.0 Å². The van der Waals surface area contributed by atoms with Crippen LogP contribution in [0.15, 0.2) is 47.7 Å². The molecule has 1 amide bonds. The molecule has 0 radical (unpaired) electrons. The summed E-state index contributed by atoms with van der Waals surface area (Å²) in [4.78, 5) is 36.7. The fraction of sp³-hybridized carbons (Fsp3) is 0.278. The second-order valence-electron chi connectivity index (χ2n) is 5.67. The molecular formula is C18H17NO6. The monoisotopic (exact) mass is 343 g/mol. The van der Waals surface area contributed by atoms with Crippen LogP contribution in [0.3, 0.4) is 0 Å². The van der Waals surface area contributed by atoms with E-state index < -0.39 is 24.2 Å². The number of hydrogen-bond donors (Lipinski definition) is 1. The van der Waals surface area contributed by atoms with Crippen LogP contribution in [-0.2, 0) is 23.9 Å². The molecule has 130 valence electrons. The van der Waals surface area contributed by atoms with E-state index in [2.05, 4.69) is 0 Å². The molecule has 1 aromatic carbocycles. The highest BCUT2D eigenvalue weighted by Crippen LogP contribution is 2.38. The standard InChI is InChI=1S/C18H17NO6/c1-24-18(23)15-16(25-14-10-13(20)19(14)15)12(17(21)22)9-5-8-11-6-3-2-4-7-11/h2-8,14-15H,9-10H2,1H3,(H,21,22)/b8-5-,16-12+/t14-,15?/m1/s1. The highest BCUT2D eigenvalue weighted by Gasteiger charge is 2.55. The predicted octanol–water partition coefficient (Wildman–Crippen LogP) is 1.56. The first kappa shape index (κ1) is 16.8. The van der Waals surface area contributed by atoms with Gasteiger partial charge in [0.2, 0.25) is 5.91 Å². The van der Waals surface area contributed by atoms with Gasteiger partial charge in [0.15, 0.2) is 12.3 Å². The summed E-state index contributed by atoms with van der Waals surface area (Å²) in [7, 11) is 1.19. The first-order valence-corrected chi connectivity index (χ1v) is 7.76. The number of rotatable bonds is 5. The van der Waals surface area contributed by atoms with Crippen molar-refractivity contribution < 1.29 is 29.0 Å². The molecule has 0 spiro atoms. The van der Waals surface area contributed by atoms with Crippen LogP contribution in [0, 0.1) is 0 Å². The maximum atomic E-state index is 12.0. The highest BCUT2D eigenvalue weighted by molar-refractivity contribution is 5.95. The third-order valence-electron chi connectivity index (χ3n) is 4.15. The Morgan fingerprint density at radius 1 is 1.36 bits per heavy atom. The van der Waals surface area contributed by atoms with Gasteiger partial charge in [-0.15, -0.1) is 0 Å². The van der Waals surface area contributed by atoms with Crippen molar-refractivity contribution in [2.45, 2.75) is 25.1 Å². The predicted molar refractivity (Wildman–Crippen MR) is 86.9 cm³/mol. The Hall–Kier alpha value is -3.09. The number of carboxylic acids is 1. The third-order valence-corrected chi connectivity index (χ3v) is 4.15. The summed E-state index contributed by atoms with van der Waals surface area (Å²) < 4.78 is 10.3. The maximum Gasteiger partial charge on any atom is 0.336 e. The fourth-order valence-electron chi connectivity index (χ4n) is 2.89. The number of esters is 1. The van der Waals surface area contributed by atoms with Crippen LogP contribution < -0.4 is 0 Å². The zero-order valence-corrected chi connectivity index (χ0v) is 13.5. The third kappa shape index (κ3) is 3.13. The molecule has 25 heavy (non-hydrogen) atoms. The van der Waals surface area contributed by atoms with Gasteiger partial charge in [-0.3, -0.25) is 9.69 Å². The summed E-state index contributed by atoms with van der Waals surface area (Å²) >= 11 is 0. The number of allylic oxidation sites excluding steroid dienone is 1. The van der Waals surface area contributed by atoms with Crippen molar-refractivity contribution in [3.63, 3.8) is 0 Å². The van der Waals surface area contributed by atoms with E-state index in [0.29, 0.717) is 0 Å². The maximum absolute atomic E-state index is 12.0. The van der Waals surface area contributed by atoms with Gasteiger partial charge < -0.3 is 14.6 Å². The number of amides is 1. The van der Waals surface area contributed by atoms with E-state index in [9.17, 15) is 19.5 Å². The first-order valence-electron chi connectivity index (χ1n) is 7.76. The topological polar surface area (TPSA) is 93.1 Å². The van der Waals surface area contributed by atoms with E-state index in [4.69, 9.17) is 9.47 Å². The Morgan fingerprint density at radius 2 is 2.08 bits per heavy atom. The molecule has 2 aliphatic heterocycles. The van der Waals surface area contributed by atoms with Crippen LogP contribution in [-0.4, -0.2) is 47.2 Å². The Bertz CT molecular complexity index is 767. The van der Waals surface area contributed by atoms with E-state index in [-0.39, 0.29) is 30.1 Å². The molecule has 0 bridgehead atoms. The number of ether oxygens (including phenoxy) is 2. The molecule has 2 heterocycles. The number of carbonyl (C=O) groups excluding carboxylic acids is 2. The van der Waals surface area contributed by atoms with Crippen molar-refractivity contribution in [3.8, 4) is 0 Å². The molecule has 0 saturated carbocycles. The minimum Gasteiger partial charge on any atom is -0.478 e. The molecule has 0 aliphatic carbocycles. The van der Waals surface area contributed by atoms with Crippen LogP contribution in [0.5, 0.6) is 0 Å². The van der Waals surface area contributed by atoms with Crippen LogP contribution >= 0.6 is 0 Å². The molecule has 2 aliphatic rings. The van der Waals surface area contributed by atoms with Crippen molar-refractivity contribution in [1.82, 2.24) is 4.90 Å². The molecule has 3 rings (SSSR count). The van der Waals surface area contributed by atoms with E-state index >= 15 is 0 Å². The molecule has 2 atom stereocenters. The second-order valence-corrected chi connectivity index (χ2v) is 5.67. The smallest absolute Gasteiger partial charge is 0.336 e. The molecule has 2 fully saturated rings. The largest absolute Gasteiger partial charge is 0.478 e. The van der Waals surface area contributed by atoms with Gasteiger partial charge in [0.25, 0.3) is 0 Å². The Labute approximate surface area is 144 Å². The summed E-state index contributed by atoms with van der Waals surface area (Å²) in [5.41, 5.74) is 0.859. The summed E-state index contributed by atoms with van der Waals surface area (Å²) in [6, 6.07) is 8.28. The summed E-state index contributed by atoms with van der Waals surface area (Å²) in [5, 5.41) is 9.53. The minimum absolute atomic E-state index is 0.0205. The highest BCUT2D eigenvalue weighted by atomic mass is 16.6. The SMILES string of the molecule is COC(=O)C1/C(=C(/C/C=C\c2ccccc2)C(=O)O)O[C@@H]2CC(=O)N12. The minimum atomic E-state index is -1.20. The van der Waals surface area contributed by atoms with Gasteiger partial charge in [-0.25, -0.2) is 9.59 Å². The van der Waals surface area contributed by atoms with Gasteiger partial charge in [0, 0.05) is 6.42 Å². The number of methoxy groups -OCH3 is 1. The molecule has 0 aromatic heterocycles. The zero-order chi connectivity index (χ0) is 18.0. The van der Waals surface area contributed by atoms with Crippen LogP contribution in [0.2, 0.25) is 0 Å². The van der Waals surface area contributed by atoms with Gasteiger partial charge in [-0.1, -0.05) is 42.5 Å². The van der Waals surface area contributed by atoms with Crippen LogP contribution in [0.1, 0.15) is 18.4 Å². The lowest BCUT2D eigenvalue weighted by molar-refractivity contribution is -0.164. The zero-order valence-electron chi connectivity index (χ0n) is 13.5. The number of carbonyl (C=O) groups is 3. The second kappa shape index (κ2) is 6.80. The Balaban J connectivity index is 1.89. The lowest BCUT2D eigenvalue weighted by Gasteiger charge is -2.33. The molecule has 7 nitrogen and oxygen atoms in total. The number of benzene rings is 1. The number of β-lactam (4-membered cyclic amide) rings is 1. The molecule has 7 heteroatoms. The fourth-order valence-corrected chi connectivity index (χ4v) is 2.89. The lowest BCUT2D eigenvalue weighted by Crippen LogP contribution is -2.55. The average Bonchev–Trinajstić information content (AvgIpc) is 2.91. The molecule has 2 saturated heterocycles. The average molecular weight is 343 g/mol. The molecular weight excluding hydrogens is 326 g/mol. The van der Waals surface area contributed by atoms with Crippen molar-refractivity contribution in [1.29, 1.82) is 0 Å². The Morgan fingerprint density at radius 3 is 2.68 bits per heavy atom. The number of hydrogen-bond acceptors (Lipinski definition) is 5. The molecule has 1 unspecified atom stereocenters. The van der Waals surface area contributed by atoms with Gasteiger partial charge in [0.05, 0.1) is 19.1 Å². The molecule has 1 N–H and O–H groups in total. The van der Waals surface area contributed by atoms with Crippen molar-refractivity contribution in [3.05, 3.63) is 53.3 Å². The van der Waals surface area contributed by atoms with Gasteiger partial charge in [0.1, 0.15) is 5.76 Å². The van der Waals surface area contributed by atoms with E-state index in [1.807, 2.05) is 30.3 Å². The van der Waals surface area contributed by atoms with E-state index in [1.54, 1.807) is 12.2 Å². The first-order chi connectivity index (χ1) is 12.0. The summed E-state index contributed by atoms with van der Waals surface area (Å²) in [6.45, 7) is 0. The quantitative estimate of drug-likeness (QED) is 0.495. The number of carboxylic acid groups (broad SMARTS) is 1. The van der Waals surface area contributed by atoms with Crippen molar-refractivity contribution >= 4 is 23.9 Å². The summed E-state index contributed by atoms with van der Waals surface area (Å²) in [6.07, 6.45) is 3.05. The lowest BCUT2D eigenvalue weighted by atomic mass is 10.0. The number of fused-ring (bicyclic) bond motifs is 1. The number of nitrogens with zero attached hydrogens (tertiary/aromatic N) is 1. The normalized spacial score (nSPS) is 23.7. The van der Waals surface area contributed by atoms with Gasteiger partial charge in [-0.2, -0.15) is 0 Å². The van der Waals surface area contributed by atoms with Crippen LogP contribution in [0.4, 0.5) is 0 Å².